The lowest BCUT2D eigenvalue weighted by Gasteiger charge is -2.31. The van der Waals surface area contributed by atoms with Crippen molar-refractivity contribution in [1.82, 2.24) is 16.0 Å². The van der Waals surface area contributed by atoms with Gasteiger partial charge in [0.05, 0.1) is 0 Å². The van der Waals surface area contributed by atoms with Crippen molar-refractivity contribution in [3.63, 3.8) is 0 Å². The highest BCUT2D eigenvalue weighted by Gasteiger charge is 2.37. The average Bonchev–Trinajstić information content (AvgIpc) is 3.72. The van der Waals surface area contributed by atoms with Gasteiger partial charge in [-0.1, -0.05) is 116 Å². The number of amides is 3. The van der Waals surface area contributed by atoms with Gasteiger partial charge in [-0.2, -0.15) is 0 Å². The second kappa shape index (κ2) is 23.7. The minimum absolute atomic E-state index is 0.0910. The van der Waals surface area contributed by atoms with Crippen molar-refractivity contribution in [3.8, 4) is 0 Å². The first kappa shape index (κ1) is 50.1. The van der Waals surface area contributed by atoms with Crippen LogP contribution in [0.4, 0.5) is 0 Å². The maximum absolute atomic E-state index is 12.5. The molecular formula is C53H97N3O3. The number of carbonyl (C=O) groups is 3. The zero-order valence-corrected chi connectivity index (χ0v) is 40.6. The monoisotopic (exact) mass is 824 g/mol. The molecule has 6 heteroatoms. The molecule has 0 radical (unpaired) electrons. The molecule has 0 bridgehead atoms. The summed E-state index contributed by atoms with van der Waals surface area (Å²) in [5, 5.41) is 9.60. The van der Waals surface area contributed by atoms with Crippen LogP contribution >= 0.6 is 0 Å². The number of hydrogen-bond donors (Lipinski definition) is 3. The summed E-state index contributed by atoms with van der Waals surface area (Å²) in [6, 6.07) is 0. The molecule has 3 amide bonds. The molecule has 0 aromatic rings. The van der Waals surface area contributed by atoms with E-state index in [2.05, 4.69) is 85.2 Å². The first-order chi connectivity index (χ1) is 27.7. The maximum Gasteiger partial charge on any atom is 0.223 e. The molecule has 3 N–H and O–H groups in total. The standard InChI is InChI=1S/2C18H33NO.C17H31NO/c1-13-11-16(13)12-15(17(20)19-18(2,3)4)10-9-14-7-5-6-8-14;1-18(2,3)19-17(20)16(13-15-9-6-10-15)12-11-14-7-4-5-8-14;1-17(2,3)18-16(19)15(12-14-8-9-14)11-10-13-6-4-5-7-13/h13-16H,5-12H2,1-4H3,(H,19,20);14-16H,4-13H2,1-3H3,(H,19,20);13-15H,4-12H2,1-3H3,(H,18,19). The fraction of sp³-hybridized carbons (Fsp3) is 0.943. The van der Waals surface area contributed by atoms with E-state index in [0.717, 1.165) is 80.0 Å². The normalized spacial score (nSPS) is 24.5. The number of rotatable bonds is 18. The van der Waals surface area contributed by atoms with Gasteiger partial charge in [0.2, 0.25) is 17.7 Å². The number of hydrogen-bond acceptors (Lipinski definition) is 3. The Bertz CT molecular complexity index is 1180. The first-order valence-electron chi connectivity index (χ1n) is 25.7. The van der Waals surface area contributed by atoms with Gasteiger partial charge in [-0.05, 0) is 168 Å². The molecule has 6 saturated carbocycles. The summed E-state index contributed by atoms with van der Waals surface area (Å²) in [5.41, 5.74) is -0.285. The summed E-state index contributed by atoms with van der Waals surface area (Å²) >= 11 is 0. The highest BCUT2D eigenvalue weighted by molar-refractivity contribution is 5.80. The van der Waals surface area contributed by atoms with Crippen molar-refractivity contribution in [2.45, 2.75) is 259 Å². The van der Waals surface area contributed by atoms with E-state index in [1.807, 2.05) is 0 Å². The van der Waals surface area contributed by atoms with Crippen LogP contribution < -0.4 is 16.0 Å². The van der Waals surface area contributed by atoms with Crippen molar-refractivity contribution >= 4 is 17.7 Å². The summed E-state index contributed by atoms with van der Waals surface area (Å²) in [6.45, 7) is 21.1. The van der Waals surface area contributed by atoms with E-state index in [1.54, 1.807) is 0 Å². The van der Waals surface area contributed by atoms with Crippen LogP contribution in [0.1, 0.15) is 243 Å². The molecule has 59 heavy (non-hydrogen) atoms. The van der Waals surface area contributed by atoms with Gasteiger partial charge in [0.25, 0.3) is 0 Å². The summed E-state index contributed by atoms with van der Waals surface area (Å²) in [6.07, 6.45) is 35.5. The van der Waals surface area contributed by atoms with E-state index >= 15 is 0 Å². The average molecular weight is 824 g/mol. The van der Waals surface area contributed by atoms with Crippen LogP contribution in [0.15, 0.2) is 0 Å². The lowest BCUT2D eigenvalue weighted by molar-refractivity contribution is -0.128. The molecule has 6 aliphatic carbocycles. The summed E-state index contributed by atoms with van der Waals surface area (Å²) in [4.78, 5) is 37.5. The van der Waals surface area contributed by atoms with Crippen molar-refractivity contribution in [1.29, 1.82) is 0 Å². The largest absolute Gasteiger partial charge is 0.351 e. The quantitative estimate of drug-likeness (QED) is 0.129. The molecule has 0 aliphatic heterocycles. The molecule has 0 heterocycles. The molecule has 6 nitrogen and oxygen atoms in total. The topological polar surface area (TPSA) is 87.3 Å². The predicted molar refractivity (Wildman–Crippen MR) is 249 cm³/mol. The Labute approximate surface area is 365 Å². The minimum atomic E-state index is -0.0993. The van der Waals surface area contributed by atoms with Gasteiger partial charge in [0.15, 0.2) is 0 Å². The van der Waals surface area contributed by atoms with Crippen LogP contribution in [0.5, 0.6) is 0 Å². The van der Waals surface area contributed by atoms with Gasteiger partial charge in [-0.3, -0.25) is 14.4 Å². The summed E-state index contributed by atoms with van der Waals surface area (Å²) in [5.74, 6) is 7.75. The van der Waals surface area contributed by atoms with Gasteiger partial charge in [-0.15, -0.1) is 0 Å². The lowest BCUT2D eigenvalue weighted by Crippen LogP contribution is -2.44. The molecule has 0 aromatic carbocycles. The molecule has 6 fully saturated rings. The van der Waals surface area contributed by atoms with Crippen LogP contribution in [-0.4, -0.2) is 34.3 Å². The molecular weight excluding hydrogens is 727 g/mol. The molecule has 0 saturated heterocycles. The van der Waals surface area contributed by atoms with Crippen molar-refractivity contribution in [2.24, 2.45) is 59.2 Å². The smallest absolute Gasteiger partial charge is 0.223 e. The fourth-order valence-electron chi connectivity index (χ4n) is 10.7. The van der Waals surface area contributed by atoms with Crippen molar-refractivity contribution in [3.05, 3.63) is 0 Å². The SMILES string of the molecule is CC(C)(C)NC(=O)C(CCC1CCCC1)CC1CC1.CC(C)(C)NC(=O)C(CCC1CCCC1)CC1CCC1.CC1CC1CC(CCC1CCCC1)C(=O)NC(C)(C)C. The third-order valence-corrected chi connectivity index (χ3v) is 14.8. The third kappa shape index (κ3) is 21.4. The van der Waals surface area contributed by atoms with Gasteiger partial charge < -0.3 is 16.0 Å². The van der Waals surface area contributed by atoms with Gasteiger partial charge in [-0.25, -0.2) is 0 Å². The Balaban J connectivity index is 0.000000196. The van der Waals surface area contributed by atoms with E-state index < -0.39 is 0 Å². The fourth-order valence-corrected chi connectivity index (χ4v) is 10.7. The van der Waals surface area contributed by atoms with E-state index in [4.69, 9.17) is 0 Å². The minimum Gasteiger partial charge on any atom is -0.351 e. The zero-order valence-electron chi connectivity index (χ0n) is 40.6. The van der Waals surface area contributed by atoms with Crippen LogP contribution in [-0.2, 0) is 14.4 Å². The van der Waals surface area contributed by atoms with Crippen molar-refractivity contribution < 1.29 is 14.4 Å². The van der Waals surface area contributed by atoms with Gasteiger partial charge >= 0.3 is 0 Å². The van der Waals surface area contributed by atoms with Gasteiger partial charge in [0.1, 0.15) is 0 Å². The molecule has 6 aliphatic rings. The molecule has 0 aromatic heterocycles. The van der Waals surface area contributed by atoms with Crippen LogP contribution in [0.2, 0.25) is 0 Å². The van der Waals surface area contributed by atoms with Crippen LogP contribution in [0, 0.1) is 59.2 Å². The van der Waals surface area contributed by atoms with E-state index in [1.165, 1.54) is 135 Å². The second-order valence-corrected chi connectivity index (χ2v) is 24.4. The Kier molecular flexibility index (Phi) is 20.1. The molecule has 342 valence electrons. The van der Waals surface area contributed by atoms with Crippen LogP contribution in [0.25, 0.3) is 0 Å². The van der Waals surface area contributed by atoms with E-state index in [-0.39, 0.29) is 34.4 Å². The van der Waals surface area contributed by atoms with E-state index in [9.17, 15) is 14.4 Å². The highest BCUT2D eigenvalue weighted by atomic mass is 16.2. The molecule has 5 unspecified atom stereocenters. The Morgan fingerprint density at radius 3 is 0.932 bits per heavy atom. The highest BCUT2D eigenvalue weighted by Crippen LogP contribution is 2.44. The number of carbonyl (C=O) groups excluding carboxylic acids is 3. The zero-order chi connectivity index (χ0) is 43.2. The summed E-state index contributed by atoms with van der Waals surface area (Å²) in [7, 11) is 0. The molecule has 6 rings (SSSR count). The predicted octanol–water partition coefficient (Wildman–Crippen LogP) is 13.5. The number of nitrogens with one attached hydrogen (secondary N) is 3. The molecule has 0 spiro atoms. The maximum atomic E-state index is 12.5. The second-order valence-electron chi connectivity index (χ2n) is 24.4. The van der Waals surface area contributed by atoms with Gasteiger partial charge in [0, 0.05) is 34.4 Å². The third-order valence-electron chi connectivity index (χ3n) is 14.8. The molecule has 5 atom stereocenters. The van der Waals surface area contributed by atoms with E-state index in [0.29, 0.717) is 17.7 Å². The Morgan fingerprint density at radius 1 is 0.424 bits per heavy atom. The lowest BCUT2D eigenvalue weighted by atomic mass is 9.77. The first-order valence-corrected chi connectivity index (χ1v) is 25.7. The van der Waals surface area contributed by atoms with Crippen LogP contribution in [0.3, 0.4) is 0 Å². The Hall–Kier alpha value is -1.59. The Morgan fingerprint density at radius 2 is 0.695 bits per heavy atom. The summed E-state index contributed by atoms with van der Waals surface area (Å²) < 4.78 is 0. The van der Waals surface area contributed by atoms with Crippen molar-refractivity contribution in [2.75, 3.05) is 0 Å².